The number of carboxylic acid groups (broad SMARTS) is 1. The summed E-state index contributed by atoms with van der Waals surface area (Å²) in [5.41, 5.74) is 1.24. The van der Waals surface area contributed by atoms with Crippen LogP contribution in [0.3, 0.4) is 0 Å². The van der Waals surface area contributed by atoms with Gasteiger partial charge in [0.05, 0.1) is 0 Å². The van der Waals surface area contributed by atoms with Crippen molar-refractivity contribution >= 4 is 40.6 Å². The minimum absolute atomic E-state index is 0.487. The van der Waals surface area contributed by atoms with Crippen molar-refractivity contribution in [2.75, 3.05) is 11.4 Å². The number of carboxylic acids is 1. The lowest BCUT2D eigenvalue weighted by Gasteiger charge is -2.22. The molecular formula is C16H13Cl2N5O2. The Morgan fingerprint density at radius 3 is 2.64 bits per heavy atom. The van der Waals surface area contributed by atoms with E-state index in [0.717, 1.165) is 6.42 Å². The molecule has 0 radical (unpaired) electrons. The minimum atomic E-state index is -0.843. The molecule has 25 heavy (non-hydrogen) atoms. The average molecular weight is 378 g/mol. The number of aromatic nitrogens is 4. The van der Waals surface area contributed by atoms with Crippen molar-refractivity contribution in [3.8, 4) is 11.4 Å². The summed E-state index contributed by atoms with van der Waals surface area (Å²) in [4.78, 5) is 13.2. The fourth-order valence-corrected chi connectivity index (χ4v) is 3.62. The Bertz CT molecular complexity index is 954. The van der Waals surface area contributed by atoms with E-state index in [1.54, 1.807) is 39.7 Å². The number of rotatable bonds is 3. The van der Waals surface area contributed by atoms with Gasteiger partial charge in [0.15, 0.2) is 11.5 Å². The van der Waals surface area contributed by atoms with E-state index in [9.17, 15) is 9.90 Å². The van der Waals surface area contributed by atoms with Crippen LogP contribution in [0.5, 0.6) is 0 Å². The van der Waals surface area contributed by atoms with E-state index in [2.05, 4.69) is 15.3 Å². The number of aliphatic carboxylic acids is 1. The molecule has 128 valence electrons. The second kappa shape index (κ2) is 6.16. The van der Waals surface area contributed by atoms with Gasteiger partial charge in [-0.2, -0.15) is 4.52 Å². The smallest absolute Gasteiger partial charge is 0.326 e. The molecule has 1 atom stereocenters. The lowest BCUT2D eigenvalue weighted by Crippen LogP contribution is -2.36. The SMILES string of the molecule is O=C(O)[C@H]1CCCN1c1ccc2nnc(-c3cc(Cl)cc(Cl)c3)n2n1. The average Bonchev–Trinajstić information content (AvgIpc) is 3.20. The molecule has 0 bridgehead atoms. The highest BCUT2D eigenvalue weighted by Crippen LogP contribution is 2.28. The number of halogens is 2. The Hall–Kier alpha value is -2.38. The molecule has 3 aromatic rings. The maximum Gasteiger partial charge on any atom is 0.326 e. The minimum Gasteiger partial charge on any atom is -0.480 e. The fraction of sp³-hybridized carbons (Fsp3) is 0.250. The van der Waals surface area contributed by atoms with Crippen LogP contribution in [0.25, 0.3) is 17.0 Å². The van der Waals surface area contributed by atoms with Gasteiger partial charge in [0, 0.05) is 22.2 Å². The molecule has 2 aromatic heterocycles. The summed E-state index contributed by atoms with van der Waals surface area (Å²) in [6.45, 7) is 0.649. The molecule has 1 aromatic carbocycles. The van der Waals surface area contributed by atoms with Crippen molar-refractivity contribution in [2.45, 2.75) is 18.9 Å². The molecular weight excluding hydrogens is 365 g/mol. The van der Waals surface area contributed by atoms with E-state index < -0.39 is 12.0 Å². The third-order valence-electron chi connectivity index (χ3n) is 4.20. The zero-order chi connectivity index (χ0) is 17.6. The monoisotopic (exact) mass is 377 g/mol. The summed E-state index contributed by atoms with van der Waals surface area (Å²) in [5, 5.41) is 23.2. The number of hydrogen-bond acceptors (Lipinski definition) is 5. The van der Waals surface area contributed by atoms with Gasteiger partial charge in [0.1, 0.15) is 11.9 Å². The summed E-state index contributed by atoms with van der Waals surface area (Å²) in [7, 11) is 0. The lowest BCUT2D eigenvalue weighted by atomic mass is 10.2. The molecule has 0 amide bonds. The van der Waals surface area contributed by atoms with E-state index in [1.165, 1.54) is 0 Å². The van der Waals surface area contributed by atoms with E-state index in [4.69, 9.17) is 23.2 Å². The van der Waals surface area contributed by atoms with Gasteiger partial charge in [-0.25, -0.2) is 4.79 Å². The quantitative estimate of drug-likeness (QED) is 0.754. The molecule has 1 aliphatic heterocycles. The number of benzene rings is 1. The molecule has 3 heterocycles. The van der Waals surface area contributed by atoms with Gasteiger partial charge >= 0.3 is 5.97 Å². The van der Waals surface area contributed by atoms with Crippen molar-refractivity contribution in [1.29, 1.82) is 0 Å². The van der Waals surface area contributed by atoms with Crippen LogP contribution in [-0.4, -0.2) is 43.5 Å². The van der Waals surface area contributed by atoms with Gasteiger partial charge in [0.2, 0.25) is 0 Å². The first-order valence-corrected chi connectivity index (χ1v) is 8.47. The van der Waals surface area contributed by atoms with Gasteiger partial charge in [0.25, 0.3) is 0 Å². The first-order chi connectivity index (χ1) is 12.0. The van der Waals surface area contributed by atoms with Crippen molar-refractivity contribution in [3.63, 3.8) is 0 Å². The number of fused-ring (bicyclic) bond motifs is 1. The number of hydrogen-bond donors (Lipinski definition) is 1. The van der Waals surface area contributed by atoms with Crippen LogP contribution in [0.1, 0.15) is 12.8 Å². The second-order valence-electron chi connectivity index (χ2n) is 5.83. The zero-order valence-corrected chi connectivity index (χ0v) is 14.4. The van der Waals surface area contributed by atoms with E-state index in [-0.39, 0.29) is 0 Å². The van der Waals surface area contributed by atoms with Crippen molar-refractivity contribution in [3.05, 3.63) is 40.4 Å². The van der Waals surface area contributed by atoms with Crippen LogP contribution in [-0.2, 0) is 4.79 Å². The molecule has 1 fully saturated rings. The van der Waals surface area contributed by atoms with Gasteiger partial charge in [-0.05, 0) is 43.2 Å². The standard InChI is InChI=1S/C16H13Cl2N5O2/c17-10-6-9(7-11(18)8-10)15-20-19-13-3-4-14(21-23(13)15)22-5-1-2-12(22)16(24)25/h3-4,6-8,12H,1-2,5H2,(H,24,25)/t12-/m1/s1. The third kappa shape index (κ3) is 2.89. The Morgan fingerprint density at radius 2 is 1.92 bits per heavy atom. The molecule has 1 saturated heterocycles. The Balaban J connectivity index is 1.81. The highest BCUT2D eigenvalue weighted by Gasteiger charge is 2.31. The molecule has 0 unspecified atom stereocenters. The van der Waals surface area contributed by atoms with Crippen molar-refractivity contribution < 1.29 is 9.90 Å². The third-order valence-corrected chi connectivity index (χ3v) is 4.64. The molecule has 0 aliphatic carbocycles. The molecule has 7 nitrogen and oxygen atoms in total. The molecule has 1 aliphatic rings. The molecule has 9 heteroatoms. The number of nitrogens with zero attached hydrogens (tertiary/aromatic N) is 5. The topological polar surface area (TPSA) is 83.6 Å². The Kier molecular flexibility index (Phi) is 3.97. The van der Waals surface area contributed by atoms with Crippen molar-refractivity contribution in [2.24, 2.45) is 0 Å². The molecule has 1 N–H and O–H groups in total. The van der Waals surface area contributed by atoms with E-state index in [1.807, 2.05) is 0 Å². The van der Waals surface area contributed by atoms with Gasteiger partial charge in [-0.15, -0.1) is 15.3 Å². The number of carbonyl (C=O) groups is 1. The normalized spacial score (nSPS) is 17.4. The van der Waals surface area contributed by atoms with Crippen LogP contribution in [0, 0.1) is 0 Å². The van der Waals surface area contributed by atoms with Crippen LogP contribution in [0.4, 0.5) is 5.82 Å². The second-order valence-corrected chi connectivity index (χ2v) is 6.71. The van der Waals surface area contributed by atoms with E-state index in [0.29, 0.717) is 45.9 Å². The summed E-state index contributed by atoms with van der Waals surface area (Å²) in [6.07, 6.45) is 1.42. The Morgan fingerprint density at radius 1 is 1.16 bits per heavy atom. The van der Waals surface area contributed by atoms with Gasteiger partial charge in [-0.3, -0.25) is 0 Å². The Labute approximate surface area is 152 Å². The van der Waals surface area contributed by atoms with Crippen LogP contribution in [0.2, 0.25) is 10.0 Å². The highest BCUT2D eigenvalue weighted by molar-refractivity contribution is 6.35. The zero-order valence-electron chi connectivity index (χ0n) is 12.9. The predicted molar refractivity (Wildman–Crippen MR) is 94.2 cm³/mol. The summed E-state index contributed by atoms with van der Waals surface area (Å²) < 4.78 is 1.58. The first kappa shape index (κ1) is 16.1. The number of anilines is 1. The maximum absolute atomic E-state index is 11.4. The molecule has 4 rings (SSSR count). The summed E-state index contributed by atoms with van der Waals surface area (Å²) >= 11 is 12.1. The van der Waals surface area contributed by atoms with Gasteiger partial charge in [-0.1, -0.05) is 23.2 Å². The van der Waals surface area contributed by atoms with Crippen LogP contribution < -0.4 is 4.90 Å². The van der Waals surface area contributed by atoms with Gasteiger partial charge < -0.3 is 10.0 Å². The van der Waals surface area contributed by atoms with Crippen molar-refractivity contribution in [1.82, 2.24) is 19.8 Å². The predicted octanol–water partition coefficient (Wildman–Crippen LogP) is 3.15. The fourth-order valence-electron chi connectivity index (χ4n) is 3.09. The van der Waals surface area contributed by atoms with E-state index >= 15 is 0 Å². The van der Waals surface area contributed by atoms with Crippen LogP contribution in [0.15, 0.2) is 30.3 Å². The highest BCUT2D eigenvalue weighted by atomic mass is 35.5. The van der Waals surface area contributed by atoms with Crippen LogP contribution >= 0.6 is 23.2 Å². The first-order valence-electron chi connectivity index (χ1n) is 7.71. The summed E-state index contributed by atoms with van der Waals surface area (Å²) in [6, 6.07) is 8.06. The largest absolute Gasteiger partial charge is 0.480 e. The lowest BCUT2D eigenvalue weighted by molar-refractivity contribution is -0.138. The maximum atomic E-state index is 11.4. The molecule has 0 saturated carbocycles. The summed E-state index contributed by atoms with van der Waals surface area (Å²) in [5.74, 6) is 0.226. The molecule has 0 spiro atoms.